The van der Waals surface area contributed by atoms with Gasteiger partial charge in [-0.05, 0) is 25.2 Å². The van der Waals surface area contributed by atoms with Gasteiger partial charge in [-0.15, -0.1) is 11.8 Å². The summed E-state index contributed by atoms with van der Waals surface area (Å²) in [6.45, 7) is 4.34. The minimum absolute atomic E-state index is 1.14. The highest BCUT2D eigenvalue weighted by Gasteiger charge is 2.16. The van der Waals surface area contributed by atoms with Crippen molar-refractivity contribution in [3.63, 3.8) is 0 Å². The van der Waals surface area contributed by atoms with E-state index in [0.717, 1.165) is 6.42 Å². The molecule has 1 aliphatic rings. The van der Waals surface area contributed by atoms with Gasteiger partial charge in [0.05, 0.1) is 0 Å². The van der Waals surface area contributed by atoms with Crippen molar-refractivity contribution in [1.29, 1.82) is 0 Å². The zero-order valence-electron chi connectivity index (χ0n) is 4.99. The van der Waals surface area contributed by atoms with Gasteiger partial charge in [-0.2, -0.15) is 0 Å². The molecule has 0 spiro atoms. The lowest BCUT2D eigenvalue weighted by atomic mass is 10.2. The Morgan fingerprint density at radius 1 is 1.50 bits per heavy atom. The Morgan fingerprint density at radius 2 is 2.12 bits per heavy atom. The number of halogens is 1. The summed E-state index contributed by atoms with van der Waals surface area (Å²) in [5.41, 5.74) is 1.50. The van der Waals surface area contributed by atoms with Crippen molar-refractivity contribution in [3.8, 4) is 0 Å². The minimum atomic E-state index is 1.14. The molecule has 2 heteroatoms. The average Bonchev–Trinajstić information content (AvgIpc) is 1.85. The van der Waals surface area contributed by atoms with Crippen molar-refractivity contribution in [2.75, 3.05) is 0 Å². The molecule has 8 heavy (non-hydrogen) atoms. The molecule has 1 radical (unpaired) electrons. The Hall–Kier alpha value is 0.570. The Labute approximate surface area is 62.9 Å². The Bertz CT molecular complexity index is 114. The topological polar surface area (TPSA) is 0 Å². The monoisotopic (exact) mass is 191 g/mol. The lowest BCUT2D eigenvalue weighted by Gasteiger charge is -1.91. The van der Waals surface area contributed by atoms with Crippen molar-refractivity contribution < 1.29 is 0 Å². The second kappa shape index (κ2) is 2.44. The molecule has 0 nitrogen and oxygen atoms in total. The van der Waals surface area contributed by atoms with Crippen molar-refractivity contribution in [1.82, 2.24) is 0 Å². The standard InChI is InChI=1S/C6H8BrS/c1-4-3-6(7)8-5(4)2/h3H2,1-2H3. The van der Waals surface area contributed by atoms with E-state index < -0.39 is 0 Å². The highest BCUT2D eigenvalue weighted by Crippen LogP contribution is 2.45. The molecule has 0 unspecified atom stereocenters. The quantitative estimate of drug-likeness (QED) is 0.567. The molecule has 0 aliphatic carbocycles. The predicted octanol–water partition coefficient (Wildman–Crippen LogP) is 3.30. The molecule has 0 fully saturated rings. The fraction of sp³-hybridized carbons (Fsp3) is 0.500. The number of hydrogen-bond acceptors (Lipinski definition) is 1. The number of thioether (sulfide) groups is 1. The number of allylic oxidation sites excluding steroid dienone is 2. The van der Waals surface area contributed by atoms with Crippen LogP contribution in [-0.2, 0) is 0 Å². The van der Waals surface area contributed by atoms with Crippen LogP contribution in [0.1, 0.15) is 20.3 Å². The first kappa shape index (κ1) is 6.69. The number of rotatable bonds is 0. The van der Waals surface area contributed by atoms with Gasteiger partial charge in [-0.1, -0.05) is 21.5 Å². The summed E-state index contributed by atoms with van der Waals surface area (Å²) >= 11 is 5.30. The smallest absolute Gasteiger partial charge is 0.104 e. The summed E-state index contributed by atoms with van der Waals surface area (Å²) in [4.78, 5) is 1.46. The second-order valence-electron chi connectivity index (χ2n) is 1.97. The molecular formula is C6H8BrS. The molecule has 0 saturated heterocycles. The van der Waals surface area contributed by atoms with E-state index in [4.69, 9.17) is 0 Å². The van der Waals surface area contributed by atoms with Gasteiger partial charge in [0.15, 0.2) is 0 Å². The van der Waals surface area contributed by atoms with Gasteiger partial charge in [-0.3, -0.25) is 0 Å². The third-order valence-electron chi connectivity index (χ3n) is 1.27. The van der Waals surface area contributed by atoms with Crippen molar-refractivity contribution in [2.45, 2.75) is 20.3 Å². The van der Waals surface area contributed by atoms with Crippen molar-refractivity contribution >= 4 is 27.7 Å². The van der Waals surface area contributed by atoms with Crippen LogP contribution in [0.5, 0.6) is 0 Å². The van der Waals surface area contributed by atoms with Gasteiger partial charge in [0.2, 0.25) is 0 Å². The molecule has 0 aromatic carbocycles. The van der Waals surface area contributed by atoms with Crippen LogP contribution < -0.4 is 0 Å². The SMILES string of the molecule is CC1=C(C)S[C](Br)C1. The molecule has 0 saturated carbocycles. The maximum atomic E-state index is 3.46. The van der Waals surface area contributed by atoms with Gasteiger partial charge in [0.25, 0.3) is 0 Å². The summed E-state index contributed by atoms with van der Waals surface area (Å²) in [6, 6.07) is 0. The minimum Gasteiger partial charge on any atom is -0.110 e. The molecule has 0 amide bonds. The lowest BCUT2D eigenvalue weighted by Crippen LogP contribution is -1.69. The molecule has 45 valence electrons. The van der Waals surface area contributed by atoms with Crippen molar-refractivity contribution in [2.24, 2.45) is 0 Å². The van der Waals surface area contributed by atoms with Gasteiger partial charge in [-0.25, -0.2) is 0 Å². The third-order valence-corrected chi connectivity index (χ3v) is 3.06. The Balaban J connectivity index is 2.60. The average molecular weight is 192 g/mol. The molecule has 0 atom stereocenters. The van der Waals surface area contributed by atoms with E-state index >= 15 is 0 Å². The van der Waals surface area contributed by atoms with Crippen LogP contribution in [0.2, 0.25) is 0 Å². The van der Waals surface area contributed by atoms with Crippen LogP contribution in [-0.4, -0.2) is 0 Å². The van der Waals surface area contributed by atoms with Crippen LogP contribution in [0, 0.1) is 4.16 Å². The van der Waals surface area contributed by atoms with Gasteiger partial charge < -0.3 is 0 Å². The van der Waals surface area contributed by atoms with Crippen LogP contribution in [0.3, 0.4) is 0 Å². The fourth-order valence-electron chi connectivity index (χ4n) is 0.622. The normalized spacial score (nSPS) is 22.9. The van der Waals surface area contributed by atoms with Crippen molar-refractivity contribution in [3.05, 3.63) is 14.6 Å². The molecule has 0 bridgehead atoms. The van der Waals surface area contributed by atoms with E-state index in [-0.39, 0.29) is 0 Å². The molecule has 1 heterocycles. The summed E-state index contributed by atoms with van der Waals surface area (Å²) in [5.74, 6) is 0. The zero-order valence-corrected chi connectivity index (χ0v) is 7.40. The maximum absolute atomic E-state index is 3.46. The van der Waals surface area contributed by atoms with E-state index in [9.17, 15) is 0 Å². The molecule has 0 N–H and O–H groups in total. The Kier molecular flexibility index (Phi) is 2.04. The first-order chi connectivity index (χ1) is 3.70. The first-order valence-electron chi connectivity index (χ1n) is 2.55. The fourth-order valence-corrected chi connectivity index (χ4v) is 2.64. The van der Waals surface area contributed by atoms with Gasteiger partial charge >= 0.3 is 0 Å². The van der Waals surface area contributed by atoms with E-state index in [0.29, 0.717) is 0 Å². The molecule has 0 aromatic rings. The van der Waals surface area contributed by atoms with E-state index in [1.807, 2.05) is 11.8 Å². The lowest BCUT2D eigenvalue weighted by molar-refractivity contribution is 1.18. The number of hydrogen-bond donors (Lipinski definition) is 0. The summed E-state index contributed by atoms with van der Waals surface area (Å²) in [7, 11) is 0. The summed E-state index contributed by atoms with van der Waals surface area (Å²) < 4.78 is 1.35. The van der Waals surface area contributed by atoms with Crippen LogP contribution >= 0.6 is 27.7 Å². The second-order valence-corrected chi connectivity index (χ2v) is 4.76. The van der Waals surface area contributed by atoms with Gasteiger partial charge in [0.1, 0.15) is 4.16 Å². The summed E-state index contributed by atoms with van der Waals surface area (Å²) in [6.07, 6.45) is 1.14. The Morgan fingerprint density at radius 3 is 2.25 bits per heavy atom. The highest BCUT2D eigenvalue weighted by atomic mass is 79.9. The van der Waals surface area contributed by atoms with E-state index in [1.54, 1.807) is 0 Å². The zero-order chi connectivity index (χ0) is 6.15. The predicted molar refractivity (Wildman–Crippen MR) is 42.8 cm³/mol. The molecular weight excluding hydrogens is 184 g/mol. The highest BCUT2D eigenvalue weighted by molar-refractivity contribution is 9.13. The van der Waals surface area contributed by atoms with Crippen LogP contribution in [0.15, 0.2) is 10.5 Å². The molecule has 1 rings (SSSR count). The third kappa shape index (κ3) is 1.29. The van der Waals surface area contributed by atoms with E-state index in [2.05, 4.69) is 29.8 Å². The van der Waals surface area contributed by atoms with Crippen LogP contribution in [0.4, 0.5) is 0 Å². The van der Waals surface area contributed by atoms with E-state index in [1.165, 1.54) is 14.6 Å². The first-order valence-corrected chi connectivity index (χ1v) is 4.16. The largest absolute Gasteiger partial charge is 0.110 e. The molecule has 0 aromatic heterocycles. The van der Waals surface area contributed by atoms with Crippen LogP contribution in [0.25, 0.3) is 0 Å². The molecule has 1 aliphatic heterocycles. The summed E-state index contributed by atoms with van der Waals surface area (Å²) in [5, 5.41) is 0. The maximum Gasteiger partial charge on any atom is 0.104 e. The van der Waals surface area contributed by atoms with Gasteiger partial charge in [0, 0.05) is 0 Å².